The maximum atomic E-state index is 12.5. The maximum absolute atomic E-state index is 12.5. The van der Waals surface area contributed by atoms with E-state index in [-0.39, 0.29) is 29.1 Å². The highest BCUT2D eigenvalue weighted by atomic mass is 16.5. The third-order valence-electron chi connectivity index (χ3n) is 4.85. The van der Waals surface area contributed by atoms with Crippen LogP contribution in [-0.2, 0) is 14.3 Å². The van der Waals surface area contributed by atoms with Crippen molar-refractivity contribution in [2.24, 2.45) is 11.3 Å². The van der Waals surface area contributed by atoms with Gasteiger partial charge >= 0.3 is 0 Å². The largest absolute Gasteiger partial charge is 0.471 e. The van der Waals surface area contributed by atoms with Crippen molar-refractivity contribution in [3.05, 3.63) is 11.3 Å². The molecule has 0 unspecified atom stereocenters. The molecule has 0 N–H and O–H groups in total. The van der Waals surface area contributed by atoms with Crippen molar-refractivity contribution < 1.29 is 14.3 Å². The van der Waals surface area contributed by atoms with E-state index in [1.807, 2.05) is 25.7 Å². The monoisotopic (exact) mass is 277 g/mol. The van der Waals surface area contributed by atoms with Gasteiger partial charge in [-0.1, -0.05) is 13.8 Å². The van der Waals surface area contributed by atoms with Crippen LogP contribution in [-0.4, -0.2) is 28.4 Å². The van der Waals surface area contributed by atoms with E-state index in [4.69, 9.17) is 4.74 Å². The van der Waals surface area contributed by atoms with Gasteiger partial charge in [-0.2, -0.15) is 0 Å². The second-order valence-corrected chi connectivity index (χ2v) is 7.55. The van der Waals surface area contributed by atoms with Crippen LogP contribution in [0.15, 0.2) is 11.3 Å². The zero-order valence-electron chi connectivity index (χ0n) is 12.9. The third-order valence-corrected chi connectivity index (χ3v) is 4.85. The SMILES string of the molecule is CC(C)N1C(=O)C[C@@H]2C3=C(CC(C)(C)CC3=O)O[C@@]21C. The van der Waals surface area contributed by atoms with Gasteiger partial charge in [-0.25, -0.2) is 0 Å². The minimum absolute atomic E-state index is 0.0441. The van der Waals surface area contributed by atoms with E-state index in [2.05, 4.69) is 13.8 Å². The van der Waals surface area contributed by atoms with Gasteiger partial charge in [0.05, 0.1) is 5.92 Å². The Morgan fingerprint density at radius 3 is 2.45 bits per heavy atom. The first-order valence-electron chi connectivity index (χ1n) is 7.43. The van der Waals surface area contributed by atoms with E-state index in [1.54, 1.807) is 0 Å². The summed E-state index contributed by atoms with van der Waals surface area (Å²) in [6.07, 6.45) is 1.75. The lowest BCUT2D eigenvalue weighted by molar-refractivity contribution is -0.151. The summed E-state index contributed by atoms with van der Waals surface area (Å²) in [6.45, 7) is 10.1. The molecule has 1 amide bonds. The standard InChI is InChI=1S/C16H23NO3/c1-9(2)17-13(19)6-10-14-11(18)7-15(3,4)8-12(14)20-16(10,17)5/h9-10H,6-8H2,1-5H3/t10-,16+/m1/s1. The number of carbonyl (C=O) groups excluding carboxylic acids is 2. The second-order valence-electron chi connectivity index (χ2n) is 7.55. The van der Waals surface area contributed by atoms with Crippen LogP contribution in [0.3, 0.4) is 0 Å². The van der Waals surface area contributed by atoms with Gasteiger partial charge < -0.3 is 9.64 Å². The number of rotatable bonds is 1. The van der Waals surface area contributed by atoms with Crippen molar-refractivity contribution in [3.63, 3.8) is 0 Å². The zero-order chi connectivity index (χ0) is 14.9. The first-order valence-corrected chi connectivity index (χ1v) is 7.43. The molecular formula is C16H23NO3. The molecule has 1 saturated heterocycles. The molecule has 20 heavy (non-hydrogen) atoms. The Kier molecular flexibility index (Phi) is 2.64. The lowest BCUT2D eigenvalue weighted by Crippen LogP contribution is -2.50. The highest BCUT2D eigenvalue weighted by molar-refractivity contribution is 6.00. The van der Waals surface area contributed by atoms with E-state index >= 15 is 0 Å². The van der Waals surface area contributed by atoms with Gasteiger partial charge in [0.15, 0.2) is 11.5 Å². The number of ether oxygens (including phenoxy) is 1. The summed E-state index contributed by atoms with van der Waals surface area (Å²) in [4.78, 5) is 26.6. The Bertz CT molecular complexity index is 532. The van der Waals surface area contributed by atoms with Crippen molar-refractivity contribution in [2.75, 3.05) is 0 Å². The normalized spacial score (nSPS) is 35.5. The van der Waals surface area contributed by atoms with Crippen molar-refractivity contribution in [1.82, 2.24) is 4.90 Å². The fraction of sp³-hybridized carbons (Fsp3) is 0.750. The first kappa shape index (κ1) is 13.7. The Balaban J connectivity index is 2.02. The molecule has 2 heterocycles. The number of ketones is 1. The summed E-state index contributed by atoms with van der Waals surface area (Å²) in [5.41, 5.74) is 0.0900. The average molecular weight is 277 g/mol. The first-order chi connectivity index (χ1) is 9.16. The van der Waals surface area contributed by atoms with E-state index in [1.165, 1.54) is 0 Å². The summed E-state index contributed by atoms with van der Waals surface area (Å²) < 4.78 is 6.19. The number of likely N-dealkylation sites (tertiary alicyclic amines) is 1. The molecule has 4 nitrogen and oxygen atoms in total. The molecule has 110 valence electrons. The number of allylic oxidation sites excluding steroid dienone is 1. The van der Waals surface area contributed by atoms with Gasteiger partial charge in [0.1, 0.15) is 5.76 Å². The van der Waals surface area contributed by atoms with Crippen molar-refractivity contribution >= 4 is 11.7 Å². The van der Waals surface area contributed by atoms with Gasteiger partial charge in [-0.15, -0.1) is 0 Å². The number of Topliss-reactive ketones (excluding diaryl/α,β-unsaturated/α-hetero) is 1. The summed E-state index contributed by atoms with van der Waals surface area (Å²) in [7, 11) is 0. The lowest BCUT2D eigenvalue weighted by Gasteiger charge is -2.38. The van der Waals surface area contributed by atoms with E-state index in [0.717, 1.165) is 17.8 Å². The molecule has 0 saturated carbocycles. The summed E-state index contributed by atoms with van der Waals surface area (Å²) >= 11 is 0. The molecule has 4 heteroatoms. The van der Waals surface area contributed by atoms with Crippen LogP contribution in [0.5, 0.6) is 0 Å². The molecular weight excluding hydrogens is 254 g/mol. The van der Waals surface area contributed by atoms with Crippen LogP contribution in [0.4, 0.5) is 0 Å². The highest BCUT2D eigenvalue weighted by Crippen LogP contribution is 2.54. The molecule has 1 fully saturated rings. The fourth-order valence-corrected chi connectivity index (χ4v) is 4.18. The van der Waals surface area contributed by atoms with Crippen molar-refractivity contribution in [3.8, 4) is 0 Å². The summed E-state index contributed by atoms with van der Waals surface area (Å²) in [5, 5.41) is 0. The molecule has 3 rings (SSSR count). The van der Waals surface area contributed by atoms with E-state index in [0.29, 0.717) is 12.8 Å². The molecule has 1 aliphatic carbocycles. The molecule has 0 aromatic heterocycles. The van der Waals surface area contributed by atoms with Gasteiger partial charge in [0.25, 0.3) is 0 Å². The van der Waals surface area contributed by atoms with Crippen LogP contribution in [0.2, 0.25) is 0 Å². The summed E-state index contributed by atoms with van der Waals surface area (Å²) in [5.74, 6) is 1.01. The molecule has 0 spiro atoms. The van der Waals surface area contributed by atoms with Gasteiger partial charge in [-0.05, 0) is 26.2 Å². The number of hydrogen-bond donors (Lipinski definition) is 0. The second kappa shape index (κ2) is 3.86. The number of hydrogen-bond acceptors (Lipinski definition) is 3. The smallest absolute Gasteiger partial charge is 0.226 e. The molecule has 2 aliphatic heterocycles. The average Bonchev–Trinajstić information content (AvgIpc) is 2.61. The van der Waals surface area contributed by atoms with E-state index < -0.39 is 5.72 Å². The van der Waals surface area contributed by atoms with Gasteiger partial charge in [0, 0.05) is 30.9 Å². The highest BCUT2D eigenvalue weighted by Gasteiger charge is 2.61. The number of nitrogens with zero attached hydrogens (tertiary/aromatic N) is 1. The fourth-order valence-electron chi connectivity index (χ4n) is 4.18. The van der Waals surface area contributed by atoms with Crippen LogP contribution in [0, 0.1) is 11.3 Å². The van der Waals surface area contributed by atoms with Crippen LogP contribution >= 0.6 is 0 Å². The molecule has 0 bridgehead atoms. The Hall–Kier alpha value is -1.32. The van der Waals surface area contributed by atoms with Gasteiger partial charge in [0.2, 0.25) is 5.91 Å². The molecule has 2 atom stereocenters. The van der Waals surface area contributed by atoms with E-state index in [9.17, 15) is 9.59 Å². The van der Waals surface area contributed by atoms with Crippen molar-refractivity contribution in [1.29, 1.82) is 0 Å². The molecule has 3 aliphatic rings. The third kappa shape index (κ3) is 1.66. The quantitative estimate of drug-likeness (QED) is 0.740. The Morgan fingerprint density at radius 1 is 1.20 bits per heavy atom. The predicted octanol–water partition coefficient (Wildman–Crippen LogP) is 2.63. The number of fused-ring (bicyclic) bond motifs is 2. The van der Waals surface area contributed by atoms with Crippen molar-refractivity contribution in [2.45, 2.75) is 65.6 Å². The van der Waals surface area contributed by atoms with Crippen LogP contribution < -0.4 is 0 Å². The summed E-state index contributed by atoms with van der Waals surface area (Å²) in [6, 6.07) is 0.0852. The Morgan fingerprint density at radius 2 is 1.85 bits per heavy atom. The minimum atomic E-state index is -0.661. The molecule has 0 aromatic rings. The molecule has 0 aromatic carbocycles. The number of amides is 1. The Labute approximate surface area is 120 Å². The minimum Gasteiger partial charge on any atom is -0.471 e. The van der Waals surface area contributed by atoms with Gasteiger partial charge in [-0.3, -0.25) is 9.59 Å². The predicted molar refractivity (Wildman–Crippen MR) is 74.6 cm³/mol. The lowest BCUT2D eigenvalue weighted by atomic mass is 9.73. The van der Waals surface area contributed by atoms with Crippen LogP contribution in [0.1, 0.15) is 53.9 Å². The maximum Gasteiger partial charge on any atom is 0.226 e. The topological polar surface area (TPSA) is 46.6 Å². The number of carbonyl (C=O) groups is 2. The molecule has 0 radical (unpaired) electrons. The zero-order valence-corrected chi connectivity index (χ0v) is 12.9. The van der Waals surface area contributed by atoms with Crippen LogP contribution in [0.25, 0.3) is 0 Å².